The van der Waals surface area contributed by atoms with E-state index in [1.165, 1.54) is 12.1 Å². The molecule has 1 fully saturated rings. The fraction of sp³-hybridized carbons (Fsp3) is 0.471. The van der Waals surface area contributed by atoms with E-state index < -0.39 is 5.60 Å². The maximum atomic E-state index is 12.8. The van der Waals surface area contributed by atoms with Crippen LogP contribution in [0.2, 0.25) is 0 Å². The number of hydrogen-bond acceptors (Lipinski definition) is 2. The molecule has 1 aromatic carbocycles. The molecule has 0 aliphatic carbocycles. The highest BCUT2D eigenvalue weighted by Gasteiger charge is 2.28. The lowest BCUT2D eigenvalue weighted by Gasteiger charge is -2.24. The fourth-order valence-electron chi connectivity index (χ4n) is 2.26. The molecule has 1 saturated heterocycles. The van der Waals surface area contributed by atoms with E-state index in [0.717, 1.165) is 12.0 Å². The topological polar surface area (TPSA) is 29.5 Å². The van der Waals surface area contributed by atoms with Gasteiger partial charge in [-0.1, -0.05) is 24.3 Å². The van der Waals surface area contributed by atoms with Crippen LogP contribution in [0.15, 0.2) is 30.3 Å². The highest BCUT2D eigenvalue weighted by atomic mass is 19.1. The lowest BCUT2D eigenvalue weighted by atomic mass is 10.1. The van der Waals surface area contributed by atoms with Crippen molar-refractivity contribution < 1.29 is 13.9 Å². The van der Waals surface area contributed by atoms with Crippen LogP contribution in [0, 0.1) is 11.7 Å². The van der Waals surface area contributed by atoms with Crippen molar-refractivity contribution in [2.75, 3.05) is 13.1 Å². The van der Waals surface area contributed by atoms with Crippen molar-refractivity contribution >= 4 is 12.2 Å². The van der Waals surface area contributed by atoms with Gasteiger partial charge in [0.05, 0.1) is 0 Å². The smallest absolute Gasteiger partial charge is 0.410 e. The van der Waals surface area contributed by atoms with E-state index in [1.54, 1.807) is 17.0 Å². The quantitative estimate of drug-likeness (QED) is 0.821. The molecule has 21 heavy (non-hydrogen) atoms. The zero-order valence-electron chi connectivity index (χ0n) is 12.8. The molecule has 4 heteroatoms. The van der Waals surface area contributed by atoms with E-state index in [-0.39, 0.29) is 11.9 Å². The van der Waals surface area contributed by atoms with Crippen LogP contribution >= 0.6 is 0 Å². The number of benzene rings is 1. The molecule has 1 aromatic rings. The van der Waals surface area contributed by atoms with Gasteiger partial charge in [-0.3, -0.25) is 0 Å². The predicted molar refractivity (Wildman–Crippen MR) is 81.3 cm³/mol. The Labute approximate surface area is 125 Å². The molecule has 0 N–H and O–H groups in total. The van der Waals surface area contributed by atoms with E-state index >= 15 is 0 Å². The number of rotatable bonds is 2. The predicted octanol–water partition coefficient (Wildman–Crippen LogP) is 4.10. The molecule has 0 spiro atoms. The maximum Gasteiger partial charge on any atom is 0.410 e. The largest absolute Gasteiger partial charge is 0.444 e. The molecule has 1 atom stereocenters. The third-order valence-electron chi connectivity index (χ3n) is 3.31. The summed E-state index contributed by atoms with van der Waals surface area (Å²) < 4.78 is 18.2. The third-order valence-corrected chi connectivity index (χ3v) is 3.31. The van der Waals surface area contributed by atoms with Crippen molar-refractivity contribution in [2.45, 2.75) is 32.8 Å². The van der Waals surface area contributed by atoms with Gasteiger partial charge in [-0.25, -0.2) is 9.18 Å². The number of ether oxygens (including phenoxy) is 1. The first-order valence-corrected chi connectivity index (χ1v) is 7.25. The zero-order valence-corrected chi connectivity index (χ0v) is 12.8. The average molecular weight is 291 g/mol. The van der Waals surface area contributed by atoms with Gasteiger partial charge < -0.3 is 9.64 Å². The summed E-state index contributed by atoms with van der Waals surface area (Å²) >= 11 is 0. The van der Waals surface area contributed by atoms with Crippen molar-refractivity contribution in [3.8, 4) is 0 Å². The highest BCUT2D eigenvalue weighted by molar-refractivity contribution is 5.68. The maximum absolute atomic E-state index is 12.8. The lowest BCUT2D eigenvalue weighted by molar-refractivity contribution is 0.0291. The van der Waals surface area contributed by atoms with Gasteiger partial charge >= 0.3 is 6.09 Å². The Kier molecular flexibility index (Phi) is 4.66. The second kappa shape index (κ2) is 6.29. The number of carbonyl (C=O) groups is 1. The van der Waals surface area contributed by atoms with E-state index in [2.05, 4.69) is 6.08 Å². The number of nitrogens with zero attached hydrogens (tertiary/aromatic N) is 1. The summed E-state index contributed by atoms with van der Waals surface area (Å²) in [7, 11) is 0. The monoisotopic (exact) mass is 291 g/mol. The molecular formula is C17H22FNO2. The summed E-state index contributed by atoms with van der Waals surface area (Å²) in [6.45, 7) is 6.99. The molecule has 1 heterocycles. The molecule has 114 valence electrons. The van der Waals surface area contributed by atoms with Gasteiger partial charge in [0.2, 0.25) is 0 Å². The minimum Gasteiger partial charge on any atom is -0.444 e. The summed E-state index contributed by atoms with van der Waals surface area (Å²) in [5, 5.41) is 0. The summed E-state index contributed by atoms with van der Waals surface area (Å²) in [6.07, 6.45) is 4.73. The molecule has 1 aliphatic rings. The van der Waals surface area contributed by atoms with Gasteiger partial charge in [-0.05, 0) is 50.8 Å². The second-order valence-corrected chi connectivity index (χ2v) is 6.39. The molecule has 0 radical (unpaired) electrons. The first-order valence-electron chi connectivity index (χ1n) is 7.25. The Morgan fingerprint density at radius 1 is 1.33 bits per heavy atom. The Morgan fingerprint density at radius 3 is 2.62 bits per heavy atom. The zero-order chi connectivity index (χ0) is 15.5. The molecule has 1 amide bonds. The van der Waals surface area contributed by atoms with Crippen LogP contribution in [0.3, 0.4) is 0 Å². The molecule has 0 saturated carbocycles. The number of amides is 1. The molecule has 0 bridgehead atoms. The highest BCUT2D eigenvalue weighted by Crippen LogP contribution is 2.21. The number of likely N-dealkylation sites (tertiary alicyclic amines) is 1. The molecule has 2 rings (SSSR count). The van der Waals surface area contributed by atoms with Crippen molar-refractivity contribution in [1.29, 1.82) is 0 Å². The van der Waals surface area contributed by atoms with Crippen molar-refractivity contribution in [1.82, 2.24) is 4.90 Å². The first kappa shape index (κ1) is 15.5. The first-order chi connectivity index (χ1) is 9.83. The number of hydrogen-bond donors (Lipinski definition) is 0. The Bertz CT molecular complexity index is 517. The van der Waals surface area contributed by atoms with Crippen LogP contribution in [-0.4, -0.2) is 29.7 Å². The van der Waals surface area contributed by atoms with Crippen LogP contribution in [0.1, 0.15) is 32.8 Å². The van der Waals surface area contributed by atoms with E-state index in [0.29, 0.717) is 19.0 Å². The number of halogens is 1. The summed E-state index contributed by atoms with van der Waals surface area (Å²) in [5.74, 6) is 0.0895. The third kappa shape index (κ3) is 4.88. The van der Waals surface area contributed by atoms with Crippen molar-refractivity contribution in [3.63, 3.8) is 0 Å². The van der Waals surface area contributed by atoms with Crippen LogP contribution in [0.4, 0.5) is 9.18 Å². The van der Waals surface area contributed by atoms with Gasteiger partial charge in [0.15, 0.2) is 0 Å². The van der Waals surface area contributed by atoms with Crippen LogP contribution in [0.25, 0.3) is 6.08 Å². The van der Waals surface area contributed by atoms with Crippen LogP contribution in [0.5, 0.6) is 0 Å². The molecular weight excluding hydrogens is 269 g/mol. The second-order valence-electron chi connectivity index (χ2n) is 6.39. The van der Waals surface area contributed by atoms with Crippen LogP contribution < -0.4 is 0 Å². The lowest BCUT2D eigenvalue weighted by Crippen LogP contribution is -2.35. The van der Waals surface area contributed by atoms with Crippen LogP contribution in [-0.2, 0) is 4.74 Å². The molecule has 0 aromatic heterocycles. The molecule has 1 unspecified atom stereocenters. The van der Waals surface area contributed by atoms with Gasteiger partial charge in [0.1, 0.15) is 11.4 Å². The normalized spacial score (nSPS) is 19.2. The van der Waals surface area contributed by atoms with Gasteiger partial charge in [-0.15, -0.1) is 0 Å². The SMILES string of the molecule is CC(C)(C)OC(=O)N1CCC(/C=C/c2ccc(F)cc2)C1. The number of carbonyl (C=O) groups excluding carboxylic acids is 1. The van der Waals surface area contributed by atoms with E-state index in [4.69, 9.17) is 4.74 Å². The standard InChI is InChI=1S/C17H22FNO2/c1-17(2,3)21-16(20)19-11-10-14(12-19)5-4-13-6-8-15(18)9-7-13/h4-9,14H,10-12H2,1-3H3/b5-4+. The average Bonchev–Trinajstić information content (AvgIpc) is 2.85. The summed E-state index contributed by atoms with van der Waals surface area (Å²) in [4.78, 5) is 13.7. The minimum atomic E-state index is -0.459. The molecule has 1 aliphatic heterocycles. The van der Waals surface area contributed by atoms with Crippen molar-refractivity contribution in [3.05, 3.63) is 41.7 Å². The Hall–Kier alpha value is -1.84. The van der Waals surface area contributed by atoms with E-state index in [1.807, 2.05) is 26.8 Å². The van der Waals surface area contributed by atoms with Gasteiger partial charge in [-0.2, -0.15) is 0 Å². The van der Waals surface area contributed by atoms with Gasteiger partial charge in [0.25, 0.3) is 0 Å². The molecule has 3 nitrogen and oxygen atoms in total. The Balaban J connectivity index is 1.87. The van der Waals surface area contributed by atoms with Gasteiger partial charge in [0, 0.05) is 13.1 Å². The fourth-order valence-corrected chi connectivity index (χ4v) is 2.26. The minimum absolute atomic E-state index is 0.232. The summed E-state index contributed by atoms with van der Waals surface area (Å²) in [5.41, 5.74) is 0.506. The van der Waals surface area contributed by atoms with Crippen molar-refractivity contribution in [2.24, 2.45) is 5.92 Å². The summed E-state index contributed by atoms with van der Waals surface area (Å²) in [6, 6.07) is 6.38. The van der Waals surface area contributed by atoms with E-state index in [9.17, 15) is 9.18 Å². The Morgan fingerprint density at radius 2 is 2.00 bits per heavy atom.